The second kappa shape index (κ2) is 7.19. The predicted octanol–water partition coefficient (Wildman–Crippen LogP) is 2.60. The maximum Gasteiger partial charge on any atom is 0.311 e. The summed E-state index contributed by atoms with van der Waals surface area (Å²) in [5, 5.41) is 9.35. The number of para-hydroxylation sites is 1. The van der Waals surface area contributed by atoms with E-state index in [9.17, 15) is 18.3 Å². The Bertz CT molecular complexity index is 916. The molecule has 0 saturated carbocycles. The van der Waals surface area contributed by atoms with Gasteiger partial charge < -0.3 is 10.0 Å². The number of anilines is 2. The number of nitrogens with zero attached hydrogens (tertiary/aromatic N) is 3. The van der Waals surface area contributed by atoms with Crippen molar-refractivity contribution >= 4 is 27.5 Å². The molecule has 1 aromatic carbocycles. The van der Waals surface area contributed by atoms with E-state index in [1.54, 1.807) is 44.2 Å². The minimum absolute atomic E-state index is 0.108. The minimum Gasteiger partial charge on any atom is -0.481 e. The lowest BCUT2D eigenvalue weighted by Crippen LogP contribution is -2.32. The highest BCUT2D eigenvalue weighted by Gasteiger charge is 2.41. The number of aromatic nitrogens is 1. The summed E-state index contributed by atoms with van der Waals surface area (Å²) in [6.45, 7) is 4.73. The number of aliphatic carboxylic acids is 1. The number of carboxylic acids is 1. The van der Waals surface area contributed by atoms with Crippen molar-refractivity contribution < 1.29 is 18.3 Å². The Balaban J connectivity index is 1.84. The van der Waals surface area contributed by atoms with Gasteiger partial charge in [0.1, 0.15) is 10.7 Å². The van der Waals surface area contributed by atoms with E-state index in [-0.39, 0.29) is 4.90 Å². The fourth-order valence-electron chi connectivity index (χ4n) is 3.26. The molecule has 2 heterocycles. The van der Waals surface area contributed by atoms with E-state index in [4.69, 9.17) is 0 Å². The van der Waals surface area contributed by atoms with E-state index in [1.165, 1.54) is 16.6 Å². The van der Waals surface area contributed by atoms with Crippen LogP contribution in [-0.2, 0) is 14.8 Å². The molecule has 0 aliphatic carbocycles. The quantitative estimate of drug-likeness (QED) is 0.817. The Labute approximate surface area is 159 Å². The largest absolute Gasteiger partial charge is 0.481 e. The average Bonchev–Trinajstić information content (AvgIpc) is 3.07. The van der Waals surface area contributed by atoms with Crippen LogP contribution < -0.4 is 9.21 Å². The third-order valence-corrected chi connectivity index (χ3v) is 6.84. The van der Waals surface area contributed by atoms with Crippen molar-refractivity contribution in [3.63, 3.8) is 0 Å². The lowest BCUT2D eigenvalue weighted by atomic mass is 9.90. The molecule has 1 aromatic heterocycles. The van der Waals surface area contributed by atoms with Gasteiger partial charge in [-0.3, -0.25) is 9.10 Å². The first-order chi connectivity index (χ1) is 12.8. The van der Waals surface area contributed by atoms with Gasteiger partial charge in [-0.25, -0.2) is 13.4 Å². The zero-order valence-corrected chi connectivity index (χ0v) is 16.2. The van der Waals surface area contributed by atoms with Crippen molar-refractivity contribution in [2.24, 2.45) is 5.41 Å². The van der Waals surface area contributed by atoms with Crippen molar-refractivity contribution in [3.8, 4) is 0 Å². The third-order valence-electron chi connectivity index (χ3n) is 4.95. The van der Waals surface area contributed by atoms with Crippen molar-refractivity contribution in [2.75, 3.05) is 28.8 Å². The van der Waals surface area contributed by atoms with Gasteiger partial charge in [-0.2, -0.15) is 0 Å². The number of pyridine rings is 1. The van der Waals surface area contributed by atoms with Gasteiger partial charge in [0.05, 0.1) is 11.1 Å². The highest BCUT2D eigenvalue weighted by atomic mass is 32.2. The van der Waals surface area contributed by atoms with E-state index in [2.05, 4.69) is 4.98 Å². The smallest absolute Gasteiger partial charge is 0.311 e. The first kappa shape index (κ1) is 19.2. The van der Waals surface area contributed by atoms with Crippen LogP contribution in [-0.4, -0.2) is 44.1 Å². The van der Waals surface area contributed by atoms with Gasteiger partial charge in [0, 0.05) is 25.8 Å². The van der Waals surface area contributed by atoms with E-state index in [0.29, 0.717) is 37.6 Å². The molecule has 1 aliphatic heterocycles. The molecule has 1 unspecified atom stereocenters. The topological polar surface area (TPSA) is 90.8 Å². The molecule has 8 heteroatoms. The van der Waals surface area contributed by atoms with Crippen LogP contribution in [0.3, 0.4) is 0 Å². The fraction of sp³-hybridized carbons (Fsp3) is 0.368. The number of carbonyl (C=O) groups is 1. The zero-order valence-electron chi connectivity index (χ0n) is 15.4. The maximum atomic E-state index is 13.0. The van der Waals surface area contributed by atoms with Crippen molar-refractivity contribution in [3.05, 3.63) is 48.7 Å². The molecule has 1 saturated heterocycles. The van der Waals surface area contributed by atoms with Gasteiger partial charge in [0.15, 0.2) is 0 Å². The molecule has 144 valence electrons. The Morgan fingerprint density at radius 1 is 1.26 bits per heavy atom. The minimum atomic E-state index is -3.72. The number of hydrogen-bond donors (Lipinski definition) is 1. The maximum absolute atomic E-state index is 13.0. The zero-order chi connectivity index (χ0) is 19.7. The lowest BCUT2D eigenvalue weighted by Gasteiger charge is -2.24. The van der Waals surface area contributed by atoms with Gasteiger partial charge in [0.2, 0.25) is 0 Å². The molecule has 1 N–H and O–H groups in total. The molecule has 1 aliphatic rings. The van der Waals surface area contributed by atoms with Crippen molar-refractivity contribution in [1.82, 2.24) is 4.98 Å². The first-order valence-electron chi connectivity index (χ1n) is 8.80. The average molecular weight is 389 g/mol. The van der Waals surface area contributed by atoms with Crippen LogP contribution >= 0.6 is 0 Å². The number of benzene rings is 1. The summed E-state index contributed by atoms with van der Waals surface area (Å²) in [6, 6.07) is 12.1. The molecule has 0 radical (unpaired) electrons. The van der Waals surface area contributed by atoms with Gasteiger partial charge in [-0.05, 0) is 44.5 Å². The molecule has 1 fully saturated rings. The van der Waals surface area contributed by atoms with Gasteiger partial charge in [-0.1, -0.05) is 18.2 Å². The van der Waals surface area contributed by atoms with Crippen LogP contribution in [0.25, 0.3) is 0 Å². The fourth-order valence-corrected chi connectivity index (χ4v) is 4.68. The highest BCUT2D eigenvalue weighted by Crippen LogP contribution is 2.33. The van der Waals surface area contributed by atoms with E-state index in [0.717, 1.165) is 0 Å². The predicted molar refractivity (Wildman–Crippen MR) is 103 cm³/mol. The lowest BCUT2D eigenvalue weighted by molar-refractivity contribution is -0.146. The number of sulfonamides is 1. The van der Waals surface area contributed by atoms with Crippen LogP contribution in [0.15, 0.2) is 53.6 Å². The van der Waals surface area contributed by atoms with E-state index in [1.807, 2.05) is 11.0 Å². The molecule has 2 aromatic rings. The molecule has 0 spiro atoms. The normalized spacial score (nSPS) is 19.9. The van der Waals surface area contributed by atoms with Crippen LogP contribution in [0.1, 0.15) is 20.3 Å². The molecule has 1 atom stereocenters. The Hall–Kier alpha value is -2.61. The van der Waals surface area contributed by atoms with Gasteiger partial charge >= 0.3 is 5.97 Å². The Kier molecular flexibility index (Phi) is 5.10. The second-order valence-electron chi connectivity index (χ2n) is 6.89. The summed E-state index contributed by atoms with van der Waals surface area (Å²) < 4.78 is 27.3. The van der Waals surface area contributed by atoms with Crippen LogP contribution in [0.4, 0.5) is 11.5 Å². The number of carboxylic acid groups (broad SMARTS) is 1. The van der Waals surface area contributed by atoms with Gasteiger partial charge in [-0.15, -0.1) is 0 Å². The third kappa shape index (κ3) is 3.62. The van der Waals surface area contributed by atoms with Crippen molar-refractivity contribution in [1.29, 1.82) is 0 Å². The number of rotatable bonds is 6. The molecule has 0 amide bonds. The molecular formula is C19H23N3O4S. The molecular weight excluding hydrogens is 366 g/mol. The molecule has 27 heavy (non-hydrogen) atoms. The molecule has 3 rings (SSSR count). The van der Waals surface area contributed by atoms with E-state index >= 15 is 0 Å². The number of hydrogen-bond acceptors (Lipinski definition) is 5. The summed E-state index contributed by atoms with van der Waals surface area (Å²) in [5.41, 5.74) is -0.209. The molecule has 7 nitrogen and oxygen atoms in total. The Morgan fingerprint density at radius 2 is 1.96 bits per heavy atom. The second-order valence-corrected chi connectivity index (χ2v) is 8.76. The summed E-state index contributed by atoms with van der Waals surface area (Å²) >= 11 is 0. The molecule has 0 bridgehead atoms. The standard InChI is InChI=1S/C19H23N3O4S/c1-3-22(15-7-5-4-6-8-15)27(25,26)16-9-10-17(20-13-16)21-12-11-19(2,14-21)18(23)24/h4-10,13H,3,11-12,14H2,1-2H3,(H,23,24). The summed E-state index contributed by atoms with van der Waals surface area (Å²) in [5.74, 6) is -0.243. The monoisotopic (exact) mass is 389 g/mol. The van der Waals surface area contributed by atoms with Crippen molar-refractivity contribution in [2.45, 2.75) is 25.2 Å². The first-order valence-corrected chi connectivity index (χ1v) is 10.2. The summed E-state index contributed by atoms with van der Waals surface area (Å²) in [6.07, 6.45) is 1.87. The van der Waals surface area contributed by atoms with E-state index < -0.39 is 21.4 Å². The SMILES string of the molecule is CCN(c1ccccc1)S(=O)(=O)c1ccc(N2CCC(C)(C(=O)O)C2)nc1. The summed E-state index contributed by atoms with van der Waals surface area (Å²) in [7, 11) is -3.72. The van der Waals surface area contributed by atoms with Gasteiger partial charge in [0.25, 0.3) is 10.0 Å². The highest BCUT2D eigenvalue weighted by molar-refractivity contribution is 7.92. The summed E-state index contributed by atoms with van der Waals surface area (Å²) in [4.78, 5) is 17.7. The Morgan fingerprint density at radius 3 is 2.48 bits per heavy atom. The van der Waals surface area contributed by atoms with Crippen LogP contribution in [0.2, 0.25) is 0 Å². The van der Waals surface area contributed by atoms with Crippen LogP contribution in [0.5, 0.6) is 0 Å². The van der Waals surface area contributed by atoms with Crippen LogP contribution in [0, 0.1) is 5.41 Å².